The predicted octanol–water partition coefficient (Wildman–Crippen LogP) is 2.22. The monoisotopic (exact) mass is 239 g/mol. The first kappa shape index (κ1) is 10.9. The molecule has 0 aliphatic rings. The molecule has 3 aromatic rings. The van der Waals surface area contributed by atoms with Crippen molar-refractivity contribution in [2.75, 3.05) is 0 Å². The number of aryl methyl sites for hydroxylation is 1. The molecule has 1 aromatic carbocycles. The first-order valence-corrected chi connectivity index (χ1v) is 5.80. The van der Waals surface area contributed by atoms with Gasteiger partial charge in [-0.2, -0.15) is 5.10 Å². The average Bonchev–Trinajstić information content (AvgIpc) is 2.84. The summed E-state index contributed by atoms with van der Waals surface area (Å²) in [6.07, 6.45) is 3.59. The van der Waals surface area contributed by atoms with Crippen LogP contribution in [0.25, 0.3) is 16.6 Å². The van der Waals surface area contributed by atoms with E-state index in [2.05, 4.69) is 10.1 Å². The van der Waals surface area contributed by atoms with Gasteiger partial charge in [0, 0.05) is 23.3 Å². The summed E-state index contributed by atoms with van der Waals surface area (Å²) in [6.45, 7) is 1.94. The largest absolute Gasteiger partial charge is 0.392 e. The Morgan fingerprint density at radius 1 is 1.17 bits per heavy atom. The van der Waals surface area contributed by atoms with Crippen LogP contribution in [0.15, 0.2) is 42.7 Å². The van der Waals surface area contributed by atoms with Crippen molar-refractivity contribution in [1.29, 1.82) is 0 Å². The van der Waals surface area contributed by atoms with Gasteiger partial charge in [0.05, 0.1) is 12.3 Å². The van der Waals surface area contributed by atoms with Crippen molar-refractivity contribution in [3.8, 4) is 5.82 Å². The van der Waals surface area contributed by atoms with Gasteiger partial charge in [0.25, 0.3) is 0 Å². The first-order valence-electron chi connectivity index (χ1n) is 5.80. The number of benzene rings is 1. The number of aliphatic hydroxyl groups excluding tert-OH is 1. The van der Waals surface area contributed by atoms with Gasteiger partial charge in [-0.05, 0) is 18.4 Å². The van der Waals surface area contributed by atoms with Crippen LogP contribution in [0, 0.1) is 6.92 Å². The van der Waals surface area contributed by atoms with Crippen molar-refractivity contribution in [1.82, 2.24) is 14.8 Å². The van der Waals surface area contributed by atoms with Gasteiger partial charge in [0.2, 0.25) is 0 Å². The van der Waals surface area contributed by atoms with Crippen LogP contribution in [0.3, 0.4) is 0 Å². The molecule has 0 aliphatic heterocycles. The van der Waals surface area contributed by atoms with Crippen molar-refractivity contribution in [2.45, 2.75) is 13.5 Å². The van der Waals surface area contributed by atoms with E-state index in [1.54, 1.807) is 10.9 Å². The topological polar surface area (TPSA) is 50.9 Å². The molecule has 0 amide bonds. The van der Waals surface area contributed by atoms with E-state index in [1.807, 2.05) is 43.5 Å². The maximum atomic E-state index is 9.34. The van der Waals surface area contributed by atoms with E-state index in [0.717, 1.165) is 27.8 Å². The number of fused-ring (bicyclic) bond motifs is 1. The maximum absolute atomic E-state index is 9.34. The fourth-order valence-corrected chi connectivity index (χ4v) is 2.08. The summed E-state index contributed by atoms with van der Waals surface area (Å²) < 4.78 is 1.76. The van der Waals surface area contributed by atoms with Gasteiger partial charge >= 0.3 is 0 Å². The minimum absolute atomic E-state index is 0.00801. The molecule has 0 saturated carbocycles. The lowest BCUT2D eigenvalue weighted by Crippen LogP contribution is -2.01. The highest BCUT2D eigenvalue weighted by Crippen LogP contribution is 2.23. The first-order chi connectivity index (χ1) is 8.79. The minimum Gasteiger partial charge on any atom is -0.392 e. The molecular weight excluding hydrogens is 226 g/mol. The van der Waals surface area contributed by atoms with Crippen LogP contribution >= 0.6 is 0 Å². The Bertz CT molecular complexity index is 703. The quantitative estimate of drug-likeness (QED) is 0.746. The smallest absolute Gasteiger partial charge is 0.161 e. The van der Waals surface area contributed by atoms with Crippen LogP contribution in [-0.2, 0) is 6.61 Å². The number of hydrogen-bond donors (Lipinski definition) is 1. The normalized spacial score (nSPS) is 11.0. The Kier molecular flexibility index (Phi) is 2.57. The zero-order valence-corrected chi connectivity index (χ0v) is 10.0. The van der Waals surface area contributed by atoms with Crippen LogP contribution in [0.5, 0.6) is 0 Å². The summed E-state index contributed by atoms with van der Waals surface area (Å²) in [5.74, 6) is 0.788. The Morgan fingerprint density at radius 2 is 1.94 bits per heavy atom. The standard InChI is InChI=1S/C14H13N3O/c1-10-6-7-17(16-10)14-13-5-3-2-4-12(13)11(9-18)8-15-14/h2-8,18H,9H2,1H3. The van der Waals surface area contributed by atoms with Crippen LogP contribution in [-0.4, -0.2) is 19.9 Å². The summed E-state index contributed by atoms with van der Waals surface area (Å²) in [4.78, 5) is 4.40. The summed E-state index contributed by atoms with van der Waals surface area (Å²) in [5.41, 5.74) is 1.78. The summed E-state index contributed by atoms with van der Waals surface area (Å²) in [5, 5.41) is 15.7. The molecule has 18 heavy (non-hydrogen) atoms. The van der Waals surface area contributed by atoms with Gasteiger partial charge in [0.15, 0.2) is 5.82 Å². The molecule has 3 rings (SSSR count). The second-order valence-corrected chi connectivity index (χ2v) is 4.21. The number of aromatic nitrogens is 3. The molecule has 0 atom stereocenters. The number of hydrogen-bond acceptors (Lipinski definition) is 3. The van der Waals surface area contributed by atoms with Gasteiger partial charge in [-0.3, -0.25) is 0 Å². The molecule has 4 heteroatoms. The molecule has 2 aromatic heterocycles. The molecule has 0 spiro atoms. The van der Waals surface area contributed by atoms with E-state index in [4.69, 9.17) is 0 Å². The maximum Gasteiger partial charge on any atom is 0.161 e. The Balaban J connectivity index is 2.31. The van der Waals surface area contributed by atoms with Gasteiger partial charge in [-0.15, -0.1) is 0 Å². The summed E-state index contributed by atoms with van der Waals surface area (Å²) in [6, 6.07) is 9.84. The highest BCUT2D eigenvalue weighted by Gasteiger charge is 2.08. The summed E-state index contributed by atoms with van der Waals surface area (Å²) >= 11 is 0. The van der Waals surface area contributed by atoms with E-state index in [0.29, 0.717) is 0 Å². The van der Waals surface area contributed by atoms with E-state index >= 15 is 0 Å². The molecular formula is C14H13N3O. The molecule has 1 N–H and O–H groups in total. The van der Waals surface area contributed by atoms with Crippen molar-refractivity contribution in [3.63, 3.8) is 0 Å². The third-order valence-electron chi connectivity index (χ3n) is 2.97. The van der Waals surface area contributed by atoms with E-state index in [9.17, 15) is 5.11 Å². The van der Waals surface area contributed by atoms with E-state index in [1.165, 1.54) is 0 Å². The molecule has 90 valence electrons. The second kappa shape index (κ2) is 4.23. The van der Waals surface area contributed by atoms with Crippen molar-refractivity contribution in [2.24, 2.45) is 0 Å². The van der Waals surface area contributed by atoms with Crippen LogP contribution < -0.4 is 0 Å². The highest BCUT2D eigenvalue weighted by molar-refractivity contribution is 5.90. The number of nitrogens with zero attached hydrogens (tertiary/aromatic N) is 3. The lowest BCUT2D eigenvalue weighted by Gasteiger charge is -2.08. The van der Waals surface area contributed by atoms with Gasteiger partial charge in [-0.1, -0.05) is 24.3 Å². The van der Waals surface area contributed by atoms with Gasteiger partial charge < -0.3 is 5.11 Å². The second-order valence-electron chi connectivity index (χ2n) is 4.21. The van der Waals surface area contributed by atoms with Crippen molar-refractivity contribution in [3.05, 3.63) is 54.0 Å². The zero-order chi connectivity index (χ0) is 12.5. The molecule has 4 nitrogen and oxygen atoms in total. The van der Waals surface area contributed by atoms with Crippen LogP contribution in [0.4, 0.5) is 0 Å². The molecule has 0 unspecified atom stereocenters. The molecule has 0 saturated heterocycles. The lowest BCUT2D eigenvalue weighted by atomic mass is 10.1. The third kappa shape index (κ3) is 1.67. The minimum atomic E-state index is -0.00801. The predicted molar refractivity (Wildman–Crippen MR) is 69.5 cm³/mol. The van der Waals surface area contributed by atoms with E-state index in [-0.39, 0.29) is 6.61 Å². The van der Waals surface area contributed by atoms with Gasteiger partial charge in [0.1, 0.15) is 0 Å². The molecule has 0 radical (unpaired) electrons. The third-order valence-corrected chi connectivity index (χ3v) is 2.97. The highest BCUT2D eigenvalue weighted by atomic mass is 16.3. The van der Waals surface area contributed by atoms with Crippen molar-refractivity contribution < 1.29 is 5.11 Å². The molecule has 0 fully saturated rings. The Hall–Kier alpha value is -2.20. The lowest BCUT2D eigenvalue weighted by molar-refractivity contribution is 0.283. The van der Waals surface area contributed by atoms with Crippen molar-refractivity contribution >= 4 is 10.8 Å². The SMILES string of the molecule is Cc1ccn(-c2ncc(CO)c3ccccc23)n1. The number of aliphatic hydroxyl groups is 1. The van der Waals surface area contributed by atoms with Gasteiger partial charge in [-0.25, -0.2) is 9.67 Å². The fraction of sp³-hybridized carbons (Fsp3) is 0.143. The van der Waals surface area contributed by atoms with Crippen LogP contribution in [0.2, 0.25) is 0 Å². The molecule has 0 aliphatic carbocycles. The molecule has 0 bridgehead atoms. The average molecular weight is 239 g/mol. The zero-order valence-electron chi connectivity index (χ0n) is 10.0. The number of rotatable bonds is 2. The molecule has 2 heterocycles. The van der Waals surface area contributed by atoms with E-state index < -0.39 is 0 Å². The fourth-order valence-electron chi connectivity index (χ4n) is 2.08. The summed E-state index contributed by atoms with van der Waals surface area (Å²) in [7, 11) is 0. The Morgan fingerprint density at radius 3 is 2.61 bits per heavy atom. The van der Waals surface area contributed by atoms with Crippen LogP contribution in [0.1, 0.15) is 11.3 Å². The number of pyridine rings is 1. The Labute approximate surface area is 105 Å².